The van der Waals surface area contributed by atoms with Crippen LogP contribution in [0.4, 0.5) is 0 Å². The Labute approximate surface area is 193 Å². The molecular weight excluding hydrogens is 428 g/mol. The SMILES string of the molecule is COc1ccc(C2=C(N3CCCC(CO)C3)C(=O)N(CCc3ccc(Cl)cc3)C2=O)cc1. The molecule has 0 aromatic heterocycles. The fourth-order valence-corrected chi connectivity index (χ4v) is 4.51. The molecule has 1 unspecified atom stereocenters. The average Bonchev–Trinajstić information content (AvgIpc) is 3.08. The highest BCUT2D eigenvalue weighted by Crippen LogP contribution is 2.34. The van der Waals surface area contributed by atoms with Crippen LogP contribution >= 0.6 is 11.6 Å². The van der Waals surface area contributed by atoms with Gasteiger partial charge in [0.2, 0.25) is 0 Å². The van der Waals surface area contributed by atoms with E-state index in [0.717, 1.165) is 18.4 Å². The number of nitrogens with zero attached hydrogens (tertiary/aromatic N) is 2. The van der Waals surface area contributed by atoms with Crippen LogP contribution in [-0.2, 0) is 16.0 Å². The minimum absolute atomic E-state index is 0.0735. The Hall–Kier alpha value is -2.83. The Morgan fingerprint density at radius 2 is 1.78 bits per heavy atom. The van der Waals surface area contributed by atoms with Crippen molar-refractivity contribution in [3.63, 3.8) is 0 Å². The third-order valence-corrected chi connectivity index (χ3v) is 6.40. The van der Waals surface area contributed by atoms with Crippen LogP contribution in [0.3, 0.4) is 0 Å². The van der Waals surface area contributed by atoms with Gasteiger partial charge in [0.15, 0.2) is 0 Å². The van der Waals surface area contributed by atoms with E-state index in [4.69, 9.17) is 16.3 Å². The van der Waals surface area contributed by atoms with Crippen LogP contribution < -0.4 is 4.74 Å². The summed E-state index contributed by atoms with van der Waals surface area (Å²) >= 11 is 5.97. The number of hydrogen-bond donors (Lipinski definition) is 1. The number of benzene rings is 2. The van der Waals surface area contributed by atoms with Crippen molar-refractivity contribution in [2.45, 2.75) is 19.3 Å². The number of rotatable bonds is 7. The van der Waals surface area contributed by atoms with E-state index in [1.54, 1.807) is 31.4 Å². The van der Waals surface area contributed by atoms with E-state index in [1.165, 1.54) is 4.90 Å². The molecule has 2 aliphatic rings. The maximum atomic E-state index is 13.5. The molecule has 168 valence electrons. The molecule has 0 spiro atoms. The predicted molar refractivity (Wildman–Crippen MR) is 123 cm³/mol. The summed E-state index contributed by atoms with van der Waals surface area (Å²) in [5.41, 5.74) is 2.56. The van der Waals surface area contributed by atoms with Gasteiger partial charge in [0.05, 0.1) is 12.7 Å². The summed E-state index contributed by atoms with van der Waals surface area (Å²) in [5, 5.41) is 10.3. The van der Waals surface area contributed by atoms with E-state index in [1.807, 2.05) is 29.2 Å². The van der Waals surface area contributed by atoms with E-state index < -0.39 is 0 Å². The second-order valence-corrected chi connectivity index (χ2v) is 8.66. The van der Waals surface area contributed by atoms with Gasteiger partial charge in [-0.3, -0.25) is 14.5 Å². The van der Waals surface area contributed by atoms with E-state index >= 15 is 0 Å². The quantitative estimate of drug-likeness (QED) is 0.649. The van der Waals surface area contributed by atoms with Gasteiger partial charge in [-0.05, 0) is 60.6 Å². The normalized spacial score (nSPS) is 19.2. The zero-order chi connectivity index (χ0) is 22.7. The largest absolute Gasteiger partial charge is 0.497 e. The van der Waals surface area contributed by atoms with Crippen LogP contribution in [0, 0.1) is 5.92 Å². The van der Waals surface area contributed by atoms with Gasteiger partial charge in [-0.25, -0.2) is 0 Å². The third-order valence-electron chi connectivity index (χ3n) is 6.15. The van der Waals surface area contributed by atoms with Crippen molar-refractivity contribution in [1.82, 2.24) is 9.80 Å². The molecule has 1 saturated heterocycles. The van der Waals surface area contributed by atoms with Crippen molar-refractivity contribution in [2.24, 2.45) is 5.92 Å². The molecule has 2 heterocycles. The summed E-state index contributed by atoms with van der Waals surface area (Å²) in [7, 11) is 1.59. The van der Waals surface area contributed by atoms with Gasteiger partial charge in [0, 0.05) is 31.3 Å². The molecule has 1 N–H and O–H groups in total. The van der Waals surface area contributed by atoms with Crippen LogP contribution in [-0.4, -0.2) is 60.1 Å². The van der Waals surface area contributed by atoms with Gasteiger partial charge in [-0.1, -0.05) is 35.9 Å². The zero-order valence-electron chi connectivity index (χ0n) is 18.1. The van der Waals surface area contributed by atoms with Crippen LogP contribution in [0.2, 0.25) is 5.02 Å². The zero-order valence-corrected chi connectivity index (χ0v) is 18.8. The molecule has 2 aliphatic heterocycles. The number of ether oxygens (including phenoxy) is 1. The van der Waals surface area contributed by atoms with E-state index in [0.29, 0.717) is 53.7 Å². The van der Waals surface area contributed by atoms with Crippen LogP contribution in [0.1, 0.15) is 24.0 Å². The highest BCUT2D eigenvalue weighted by Gasteiger charge is 2.42. The lowest BCUT2D eigenvalue weighted by Crippen LogP contribution is -2.41. The molecule has 0 bridgehead atoms. The first-order valence-corrected chi connectivity index (χ1v) is 11.2. The Morgan fingerprint density at radius 1 is 1.06 bits per heavy atom. The number of aliphatic hydroxyl groups is 1. The fourth-order valence-electron chi connectivity index (χ4n) is 4.39. The molecule has 2 aromatic rings. The van der Waals surface area contributed by atoms with E-state index in [2.05, 4.69) is 0 Å². The molecule has 0 saturated carbocycles. The average molecular weight is 455 g/mol. The second kappa shape index (κ2) is 9.76. The maximum Gasteiger partial charge on any atom is 0.277 e. The highest BCUT2D eigenvalue weighted by atomic mass is 35.5. The fraction of sp³-hybridized carbons (Fsp3) is 0.360. The van der Waals surface area contributed by atoms with Gasteiger partial charge in [0.25, 0.3) is 11.8 Å². The molecule has 6 nitrogen and oxygen atoms in total. The molecule has 32 heavy (non-hydrogen) atoms. The number of imide groups is 1. The first kappa shape index (κ1) is 22.4. The first-order valence-electron chi connectivity index (χ1n) is 10.9. The number of carbonyl (C=O) groups excluding carboxylic acids is 2. The summed E-state index contributed by atoms with van der Waals surface area (Å²) in [4.78, 5) is 30.3. The molecule has 1 fully saturated rings. The summed E-state index contributed by atoms with van der Waals surface area (Å²) in [6.07, 6.45) is 2.34. The number of halogens is 1. The molecule has 0 radical (unpaired) electrons. The van der Waals surface area contributed by atoms with Gasteiger partial charge in [-0.2, -0.15) is 0 Å². The third kappa shape index (κ3) is 4.52. The van der Waals surface area contributed by atoms with Gasteiger partial charge in [0.1, 0.15) is 11.4 Å². The van der Waals surface area contributed by atoms with Crippen LogP contribution in [0.5, 0.6) is 5.75 Å². The molecule has 2 amide bonds. The van der Waals surface area contributed by atoms with Gasteiger partial charge in [-0.15, -0.1) is 0 Å². The number of methoxy groups -OCH3 is 1. The summed E-state index contributed by atoms with van der Waals surface area (Å²) < 4.78 is 5.24. The van der Waals surface area contributed by atoms with Crippen molar-refractivity contribution in [3.8, 4) is 5.75 Å². The Morgan fingerprint density at radius 3 is 2.44 bits per heavy atom. The lowest BCUT2D eigenvalue weighted by molar-refractivity contribution is -0.137. The number of aliphatic hydroxyl groups excluding tert-OH is 1. The first-order chi connectivity index (χ1) is 15.5. The van der Waals surface area contributed by atoms with Gasteiger partial charge < -0.3 is 14.7 Å². The highest BCUT2D eigenvalue weighted by molar-refractivity contribution is 6.35. The van der Waals surface area contributed by atoms with Crippen molar-refractivity contribution < 1.29 is 19.4 Å². The standard InChI is InChI=1S/C25H27ClN2O4/c1-32-21-10-6-19(7-11-21)22-23(27-13-2-3-18(15-27)16-29)25(31)28(24(22)30)14-12-17-4-8-20(26)9-5-17/h4-11,18,29H,2-3,12-16H2,1H3. The Bertz CT molecular complexity index is 1020. The second-order valence-electron chi connectivity index (χ2n) is 8.23. The summed E-state index contributed by atoms with van der Waals surface area (Å²) in [5.74, 6) is 0.230. The summed E-state index contributed by atoms with van der Waals surface area (Å²) in [6, 6.07) is 14.6. The molecule has 1 atom stereocenters. The molecule has 2 aromatic carbocycles. The number of piperidine rings is 1. The molecule has 4 rings (SSSR count). The van der Waals surface area contributed by atoms with Crippen molar-refractivity contribution >= 4 is 29.0 Å². The number of likely N-dealkylation sites (tertiary alicyclic amines) is 1. The van der Waals surface area contributed by atoms with Crippen LogP contribution in [0.25, 0.3) is 5.57 Å². The minimum atomic E-state index is -0.282. The van der Waals surface area contributed by atoms with Crippen LogP contribution in [0.15, 0.2) is 54.2 Å². The molecule has 7 heteroatoms. The number of amides is 2. The number of hydrogen-bond acceptors (Lipinski definition) is 5. The monoisotopic (exact) mass is 454 g/mol. The lowest BCUT2D eigenvalue weighted by atomic mass is 9.97. The number of carbonyl (C=O) groups is 2. The van der Waals surface area contributed by atoms with E-state index in [-0.39, 0.29) is 24.3 Å². The topological polar surface area (TPSA) is 70.1 Å². The smallest absolute Gasteiger partial charge is 0.277 e. The predicted octanol–water partition coefficient (Wildman–Crippen LogP) is 3.38. The molecular formula is C25H27ClN2O4. The summed E-state index contributed by atoms with van der Waals surface area (Å²) in [6.45, 7) is 1.62. The Balaban J connectivity index is 1.65. The lowest BCUT2D eigenvalue weighted by Gasteiger charge is -2.34. The van der Waals surface area contributed by atoms with Crippen molar-refractivity contribution in [1.29, 1.82) is 0 Å². The molecule has 0 aliphatic carbocycles. The van der Waals surface area contributed by atoms with E-state index in [9.17, 15) is 14.7 Å². The van der Waals surface area contributed by atoms with Crippen molar-refractivity contribution in [3.05, 3.63) is 70.4 Å². The van der Waals surface area contributed by atoms with Gasteiger partial charge >= 0.3 is 0 Å². The van der Waals surface area contributed by atoms with Crippen molar-refractivity contribution in [2.75, 3.05) is 33.4 Å². The minimum Gasteiger partial charge on any atom is -0.497 e. The maximum absolute atomic E-state index is 13.5. The Kier molecular flexibility index (Phi) is 6.82.